The zero-order chi connectivity index (χ0) is 24.8. The highest BCUT2D eigenvalue weighted by Crippen LogP contribution is 2.48. The highest BCUT2D eigenvalue weighted by atomic mass is 16.2. The van der Waals surface area contributed by atoms with Crippen molar-refractivity contribution in [3.63, 3.8) is 0 Å². The van der Waals surface area contributed by atoms with Crippen molar-refractivity contribution >= 4 is 28.2 Å². The van der Waals surface area contributed by atoms with Crippen LogP contribution in [0, 0.1) is 12.8 Å². The molecule has 5 aromatic rings. The average Bonchev–Trinajstić information content (AvgIpc) is 3.57. The molecule has 6 rings (SSSR count). The molecule has 36 heavy (non-hydrogen) atoms. The Morgan fingerprint density at radius 2 is 1.89 bits per heavy atom. The van der Waals surface area contributed by atoms with Crippen molar-refractivity contribution in [3.05, 3.63) is 90.5 Å². The lowest BCUT2D eigenvalue weighted by Gasteiger charge is -2.15. The largest absolute Gasteiger partial charge is 0.398 e. The fraction of sp³-hybridized carbons (Fsp3) is 0.172. The number of carbonyl (C=O) groups is 1. The Balaban J connectivity index is 1.33. The third kappa shape index (κ3) is 3.98. The van der Waals surface area contributed by atoms with Crippen LogP contribution in [0.1, 0.15) is 23.5 Å². The molecule has 1 fully saturated rings. The van der Waals surface area contributed by atoms with E-state index in [9.17, 15) is 4.79 Å². The number of nitrogen functional groups attached to an aromatic ring is 1. The minimum absolute atomic E-state index is 0.0192. The first kappa shape index (κ1) is 22.0. The lowest BCUT2D eigenvalue weighted by atomic mass is 9.93. The number of carbonyl (C=O) groups excluding carboxylic acids is 1. The number of hydrogen-bond donors (Lipinski definition) is 2. The second-order valence-corrected chi connectivity index (χ2v) is 9.46. The number of nitrogens with zero attached hydrogens (tertiary/aromatic N) is 4. The molecule has 1 amide bonds. The van der Waals surface area contributed by atoms with Crippen LogP contribution in [-0.4, -0.2) is 25.7 Å². The molecule has 2 aromatic carbocycles. The first-order valence-electron chi connectivity index (χ1n) is 12.0. The summed E-state index contributed by atoms with van der Waals surface area (Å²) in [5.41, 5.74) is 13.3. The Morgan fingerprint density at radius 1 is 1.06 bits per heavy atom. The molecule has 2 atom stereocenters. The van der Waals surface area contributed by atoms with Crippen molar-refractivity contribution in [1.82, 2.24) is 19.7 Å². The molecule has 3 aromatic heterocycles. The van der Waals surface area contributed by atoms with Crippen molar-refractivity contribution in [2.75, 3.05) is 11.1 Å². The number of nitrogens with one attached hydrogen (secondary N) is 1. The fourth-order valence-corrected chi connectivity index (χ4v) is 4.94. The van der Waals surface area contributed by atoms with E-state index in [0.717, 1.165) is 50.7 Å². The van der Waals surface area contributed by atoms with Crippen LogP contribution in [0.4, 0.5) is 11.5 Å². The molecule has 7 heteroatoms. The fourth-order valence-electron chi connectivity index (χ4n) is 4.94. The standard InChI is InChI=1S/C29H26N6O/c1-17-8-9-31-28(18-6-4-3-5-7-18)27(17)20-10-19-12-26(32-15-24(19)25(30)11-20)34-29(36)23-13-22(23)21-14-33-35(2)16-21/h3-12,14-16,22-23H,13,30H2,1-2H3,(H,32,34,36)/t22-,23+/m1/s1. The molecule has 0 radical (unpaired) electrons. The van der Waals surface area contributed by atoms with Crippen LogP contribution in [0.15, 0.2) is 79.4 Å². The van der Waals surface area contributed by atoms with Gasteiger partial charge >= 0.3 is 0 Å². The predicted molar refractivity (Wildman–Crippen MR) is 142 cm³/mol. The third-order valence-corrected chi connectivity index (χ3v) is 6.90. The Labute approximate surface area is 209 Å². The molecule has 1 saturated carbocycles. The van der Waals surface area contributed by atoms with Gasteiger partial charge in [-0.15, -0.1) is 0 Å². The van der Waals surface area contributed by atoms with Crippen molar-refractivity contribution < 1.29 is 4.79 Å². The van der Waals surface area contributed by atoms with Crippen molar-refractivity contribution in [1.29, 1.82) is 0 Å². The summed E-state index contributed by atoms with van der Waals surface area (Å²) in [5, 5.41) is 8.98. The van der Waals surface area contributed by atoms with Gasteiger partial charge in [-0.3, -0.25) is 14.5 Å². The van der Waals surface area contributed by atoms with Gasteiger partial charge in [-0.2, -0.15) is 5.10 Å². The first-order valence-corrected chi connectivity index (χ1v) is 12.0. The molecule has 3 N–H and O–H groups in total. The topological polar surface area (TPSA) is 98.7 Å². The molecule has 3 heterocycles. The van der Waals surface area contributed by atoms with E-state index in [1.165, 1.54) is 0 Å². The van der Waals surface area contributed by atoms with Gasteiger partial charge in [0, 0.05) is 53.8 Å². The third-order valence-electron chi connectivity index (χ3n) is 6.90. The van der Waals surface area contributed by atoms with Gasteiger partial charge in [0.15, 0.2) is 0 Å². The summed E-state index contributed by atoms with van der Waals surface area (Å²) in [5.74, 6) is 0.655. The van der Waals surface area contributed by atoms with E-state index >= 15 is 0 Å². The molecule has 0 bridgehead atoms. The zero-order valence-corrected chi connectivity index (χ0v) is 20.1. The van der Waals surface area contributed by atoms with Crippen LogP contribution in [0.3, 0.4) is 0 Å². The number of fused-ring (bicyclic) bond motifs is 1. The van der Waals surface area contributed by atoms with Gasteiger partial charge < -0.3 is 11.1 Å². The van der Waals surface area contributed by atoms with Gasteiger partial charge in [0.25, 0.3) is 0 Å². The predicted octanol–water partition coefficient (Wildman–Crippen LogP) is 5.33. The second kappa shape index (κ2) is 8.61. The normalized spacial score (nSPS) is 16.7. The van der Waals surface area contributed by atoms with E-state index in [1.54, 1.807) is 10.9 Å². The van der Waals surface area contributed by atoms with Crippen LogP contribution in [0.5, 0.6) is 0 Å². The Kier molecular flexibility index (Phi) is 5.25. The highest BCUT2D eigenvalue weighted by molar-refractivity contribution is 6.01. The second-order valence-electron chi connectivity index (χ2n) is 9.46. The highest BCUT2D eigenvalue weighted by Gasteiger charge is 2.44. The first-order chi connectivity index (χ1) is 17.5. The number of benzene rings is 2. The number of rotatable bonds is 5. The van der Waals surface area contributed by atoms with Crippen molar-refractivity contribution in [2.45, 2.75) is 19.3 Å². The van der Waals surface area contributed by atoms with Crippen LogP contribution in [0.25, 0.3) is 33.2 Å². The van der Waals surface area contributed by atoms with E-state index in [1.807, 2.05) is 62.0 Å². The summed E-state index contributed by atoms with van der Waals surface area (Å²) in [6.07, 6.45) is 8.19. The monoisotopic (exact) mass is 474 g/mol. The van der Waals surface area contributed by atoms with Crippen LogP contribution in [0.2, 0.25) is 0 Å². The maximum atomic E-state index is 12.9. The molecular formula is C29H26N6O. The summed E-state index contributed by atoms with van der Waals surface area (Å²) in [6, 6.07) is 18.1. The van der Waals surface area contributed by atoms with Crippen LogP contribution < -0.4 is 11.1 Å². The van der Waals surface area contributed by atoms with E-state index in [4.69, 9.17) is 10.7 Å². The zero-order valence-electron chi connectivity index (χ0n) is 20.1. The summed E-state index contributed by atoms with van der Waals surface area (Å²) < 4.78 is 1.77. The minimum Gasteiger partial charge on any atom is -0.398 e. The number of hydrogen-bond acceptors (Lipinski definition) is 5. The number of nitrogens with two attached hydrogens (primary N) is 1. The van der Waals surface area contributed by atoms with Gasteiger partial charge in [-0.25, -0.2) is 4.98 Å². The summed E-state index contributed by atoms with van der Waals surface area (Å²) in [7, 11) is 1.88. The maximum Gasteiger partial charge on any atom is 0.229 e. The van der Waals surface area contributed by atoms with E-state index < -0.39 is 0 Å². The average molecular weight is 475 g/mol. The molecule has 0 spiro atoms. The van der Waals surface area contributed by atoms with Gasteiger partial charge in [-0.05, 0) is 65.6 Å². The Morgan fingerprint density at radius 3 is 2.67 bits per heavy atom. The summed E-state index contributed by atoms with van der Waals surface area (Å²) in [6.45, 7) is 2.08. The van der Waals surface area contributed by atoms with E-state index in [2.05, 4.69) is 40.5 Å². The minimum atomic E-state index is -0.0606. The molecule has 0 unspecified atom stereocenters. The molecular weight excluding hydrogens is 448 g/mol. The van der Waals surface area contributed by atoms with Crippen molar-refractivity contribution in [2.24, 2.45) is 13.0 Å². The maximum absolute atomic E-state index is 12.9. The van der Waals surface area contributed by atoms with E-state index in [-0.39, 0.29) is 17.7 Å². The Hall–Kier alpha value is -4.52. The van der Waals surface area contributed by atoms with Crippen LogP contribution in [-0.2, 0) is 11.8 Å². The number of pyridine rings is 2. The number of aromatic nitrogens is 4. The summed E-state index contributed by atoms with van der Waals surface area (Å²) in [4.78, 5) is 22.1. The smallest absolute Gasteiger partial charge is 0.229 e. The molecule has 0 saturated heterocycles. The molecule has 0 aliphatic heterocycles. The number of anilines is 2. The van der Waals surface area contributed by atoms with Crippen molar-refractivity contribution in [3.8, 4) is 22.4 Å². The molecule has 1 aliphatic carbocycles. The SMILES string of the molecule is Cc1ccnc(-c2ccccc2)c1-c1cc(N)c2cnc(NC(=O)[C@H]3C[C@@H]3c3cnn(C)c3)cc2c1. The van der Waals surface area contributed by atoms with Gasteiger partial charge in [-0.1, -0.05) is 30.3 Å². The molecule has 7 nitrogen and oxygen atoms in total. The van der Waals surface area contributed by atoms with Crippen LogP contribution >= 0.6 is 0 Å². The Bertz CT molecular complexity index is 1610. The molecule has 1 aliphatic rings. The van der Waals surface area contributed by atoms with Gasteiger partial charge in [0.05, 0.1) is 11.9 Å². The lowest BCUT2D eigenvalue weighted by Crippen LogP contribution is -2.15. The quantitative estimate of drug-likeness (QED) is 0.336. The number of aryl methyl sites for hydroxylation is 2. The van der Waals surface area contributed by atoms with E-state index in [0.29, 0.717) is 11.5 Å². The van der Waals surface area contributed by atoms with Gasteiger partial charge in [0.1, 0.15) is 5.82 Å². The molecule has 178 valence electrons. The lowest BCUT2D eigenvalue weighted by molar-refractivity contribution is -0.117. The number of amides is 1. The summed E-state index contributed by atoms with van der Waals surface area (Å²) >= 11 is 0. The van der Waals surface area contributed by atoms with Gasteiger partial charge in [0.2, 0.25) is 5.91 Å².